The fraction of sp³-hybridized carbons (Fsp3) is 0.333. The smallest absolute Gasteiger partial charge is 0.251 e. The first-order chi connectivity index (χ1) is 14.2. The van der Waals surface area contributed by atoms with Crippen molar-refractivity contribution in [3.63, 3.8) is 0 Å². The minimum atomic E-state index is -0.453. The number of benzene rings is 1. The first kappa shape index (κ1) is 19.1. The molecule has 1 unspecified atom stereocenters. The number of nitrogens with one attached hydrogen (secondary N) is 2. The number of hydroxylamine groups is 1. The van der Waals surface area contributed by atoms with Crippen molar-refractivity contribution >= 4 is 17.5 Å². The maximum atomic E-state index is 12.6. The van der Waals surface area contributed by atoms with E-state index >= 15 is 0 Å². The van der Waals surface area contributed by atoms with Crippen molar-refractivity contribution in [3.8, 4) is 0 Å². The molecule has 0 radical (unpaired) electrons. The summed E-state index contributed by atoms with van der Waals surface area (Å²) in [5, 5.41) is 15.9. The molecule has 2 heterocycles. The first-order valence-electron chi connectivity index (χ1n) is 9.63. The van der Waals surface area contributed by atoms with E-state index in [0.29, 0.717) is 24.8 Å². The van der Waals surface area contributed by atoms with E-state index in [1.54, 1.807) is 30.0 Å². The molecule has 4 rings (SSSR count). The van der Waals surface area contributed by atoms with E-state index in [1.165, 1.54) is 0 Å². The predicted octanol–water partition coefficient (Wildman–Crippen LogP) is 2.35. The second-order valence-electron chi connectivity index (χ2n) is 7.29. The van der Waals surface area contributed by atoms with Crippen LogP contribution in [-0.2, 0) is 9.63 Å². The highest BCUT2D eigenvalue weighted by molar-refractivity contribution is 6.01. The van der Waals surface area contributed by atoms with Crippen molar-refractivity contribution < 1.29 is 19.6 Å². The summed E-state index contributed by atoms with van der Waals surface area (Å²) in [5.74, 6) is -1.09. The number of amides is 2. The Morgan fingerprint density at radius 2 is 1.97 bits per heavy atom. The Hall–Kier alpha value is -3.26. The van der Waals surface area contributed by atoms with E-state index in [2.05, 4.69) is 15.5 Å². The average Bonchev–Trinajstić information content (AvgIpc) is 3.44. The van der Waals surface area contributed by atoms with Crippen LogP contribution in [0.15, 0.2) is 53.9 Å². The Labute approximate surface area is 167 Å². The predicted molar refractivity (Wildman–Crippen MR) is 104 cm³/mol. The first-order valence-corrected chi connectivity index (χ1v) is 9.63. The molecule has 150 valence electrons. The molecule has 1 aliphatic carbocycles. The summed E-state index contributed by atoms with van der Waals surface area (Å²) in [6.45, 7) is 0. The minimum Gasteiger partial charge on any atom is -0.387 e. The Morgan fingerprint density at radius 3 is 2.69 bits per heavy atom. The summed E-state index contributed by atoms with van der Waals surface area (Å²) in [4.78, 5) is 33.9. The van der Waals surface area contributed by atoms with Gasteiger partial charge in [0.2, 0.25) is 5.91 Å². The van der Waals surface area contributed by atoms with Crippen molar-refractivity contribution in [2.75, 3.05) is 0 Å². The molecule has 2 amide bonds. The average molecular weight is 394 g/mol. The molecule has 8 heteroatoms. The van der Waals surface area contributed by atoms with Gasteiger partial charge in [0.15, 0.2) is 6.10 Å². The lowest BCUT2D eigenvalue weighted by molar-refractivity contribution is -0.133. The summed E-state index contributed by atoms with van der Waals surface area (Å²) in [6.07, 6.45) is 6.10. The lowest BCUT2D eigenvalue weighted by Crippen LogP contribution is -2.43. The number of nitrogens with zero attached hydrogens (tertiary/aromatic N) is 2. The van der Waals surface area contributed by atoms with Gasteiger partial charge in [-0.15, -0.1) is 0 Å². The Kier molecular flexibility index (Phi) is 5.53. The molecule has 1 aliphatic heterocycles. The SMILES string of the molecule is O=C(N[C@@H]1CCC[C@@H]1C(=O)NO)c1ccc(C2CC(c3cccnc3)=NO2)cc1. The molecular weight excluding hydrogens is 372 g/mol. The van der Waals surface area contributed by atoms with E-state index in [0.717, 1.165) is 23.3 Å². The molecule has 0 saturated heterocycles. The summed E-state index contributed by atoms with van der Waals surface area (Å²) in [7, 11) is 0. The lowest BCUT2D eigenvalue weighted by atomic mass is 9.99. The Bertz CT molecular complexity index is 914. The third-order valence-corrected chi connectivity index (χ3v) is 5.49. The van der Waals surface area contributed by atoms with Crippen LogP contribution in [0.5, 0.6) is 0 Å². The normalized spacial score (nSPS) is 23.2. The zero-order valence-corrected chi connectivity index (χ0v) is 15.7. The highest BCUT2D eigenvalue weighted by atomic mass is 16.6. The molecule has 29 heavy (non-hydrogen) atoms. The van der Waals surface area contributed by atoms with Crippen LogP contribution >= 0.6 is 0 Å². The zero-order chi connectivity index (χ0) is 20.2. The number of hydrogen-bond acceptors (Lipinski definition) is 6. The van der Waals surface area contributed by atoms with Gasteiger partial charge in [0, 0.05) is 36.0 Å². The number of hydrogen-bond donors (Lipinski definition) is 3. The van der Waals surface area contributed by atoms with Gasteiger partial charge in [-0.2, -0.15) is 0 Å². The van der Waals surface area contributed by atoms with Crippen LogP contribution in [0.25, 0.3) is 0 Å². The third-order valence-electron chi connectivity index (χ3n) is 5.49. The quantitative estimate of drug-likeness (QED) is 0.532. The molecule has 2 aliphatic rings. The van der Waals surface area contributed by atoms with Gasteiger partial charge >= 0.3 is 0 Å². The number of pyridine rings is 1. The van der Waals surface area contributed by atoms with Gasteiger partial charge < -0.3 is 10.2 Å². The molecule has 1 aromatic heterocycles. The van der Waals surface area contributed by atoms with E-state index in [9.17, 15) is 9.59 Å². The summed E-state index contributed by atoms with van der Waals surface area (Å²) in [5.41, 5.74) is 4.91. The van der Waals surface area contributed by atoms with Crippen LogP contribution < -0.4 is 10.8 Å². The van der Waals surface area contributed by atoms with E-state index < -0.39 is 11.8 Å². The molecule has 0 bridgehead atoms. The maximum Gasteiger partial charge on any atom is 0.251 e. The summed E-state index contributed by atoms with van der Waals surface area (Å²) >= 11 is 0. The second kappa shape index (κ2) is 8.40. The number of carbonyl (C=O) groups is 2. The summed E-state index contributed by atoms with van der Waals surface area (Å²) < 4.78 is 0. The van der Waals surface area contributed by atoms with Gasteiger partial charge in [-0.3, -0.25) is 19.8 Å². The Morgan fingerprint density at radius 1 is 1.14 bits per heavy atom. The molecular formula is C21H22N4O4. The van der Waals surface area contributed by atoms with E-state index in [4.69, 9.17) is 10.0 Å². The van der Waals surface area contributed by atoms with Crippen LogP contribution in [0.3, 0.4) is 0 Å². The second-order valence-corrected chi connectivity index (χ2v) is 7.29. The van der Waals surface area contributed by atoms with Gasteiger partial charge in [0.05, 0.1) is 11.6 Å². The molecule has 1 aromatic carbocycles. The monoisotopic (exact) mass is 394 g/mol. The van der Waals surface area contributed by atoms with Crippen LogP contribution in [0, 0.1) is 5.92 Å². The molecule has 8 nitrogen and oxygen atoms in total. The molecule has 3 atom stereocenters. The number of carbonyl (C=O) groups excluding carboxylic acids is 2. The number of oxime groups is 1. The standard InChI is InChI=1S/C21H22N4O4/c26-20(23-17-5-1-4-16(17)21(27)24-28)14-8-6-13(7-9-14)19-11-18(25-29-19)15-3-2-10-22-12-15/h2-3,6-10,12,16-17,19,28H,1,4-5,11H2,(H,23,26)(H,24,27)/t16-,17+,19?/m0/s1. The van der Waals surface area contributed by atoms with Gasteiger partial charge in [-0.05, 0) is 42.7 Å². The van der Waals surface area contributed by atoms with Crippen LogP contribution in [0.2, 0.25) is 0 Å². The van der Waals surface area contributed by atoms with Crippen molar-refractivity contribution in [2.45, 2.75) is 37.8 Å². The van der Waals surface area contributed by atoms with Crippen molar-refractivity contribution in [1.82, 2.24) is 15.8 Å². The fourth-order valence-corrected chi connectivity index (χ4v) is 3.89. The van der Waals surface area contributed by atoms with Crippen LogP contribution in [0.4, 0.5) is 0 Å². The molecule has 3 N–H and O–H groups in total. The third kappa shape index (κ3) is 4.12. The van der Waals surface area contributed by atoms with E-state index in [-0.39, 0.29) is 18.1 Å². The van der Waals surface area contributed by atoms with Crippen LogP contribution in [-0.4, -0.2) is 33.8 Å². The molecule has 1 saturated carbocycles. The van der Waals surface area contributed by atoms with Gasteiger partial charge in [0.25, 0.3) is 5.91 Å². The fourth-order valence-electron chi connectivity index (χ4n) is 3.89. The van der Waals surface area contributed by atoms with E-state index in [1.807, 2.05) is 24.3 Å². The van der Waals surface area contributed by atoms with Gasteiger partial charge in [0.1, 0.15) is 0 Å². The van der Waals surface area contributed by atoms with Crippen LogP contribution in [0.1, 0.15) is 53.3 Å². The van der Waals surface area contributed by atoms with Gasteiger partial charge in [-0.1, -0.05) is 23.7 Å². The lowest BCUT2D eigenvalue weighted by Gasteiger charge is -2.19. The van der Waals surface area contributed by atoms with Crippen molar-refractivity contribution in [3.05, 3.63) is 65.5 Å². The maximum absolute atomic E-state index is 12.6. The van der Waals surface area contributed by atoms with Crippen molar-refractivity contribution in [2.24, 2.45) is 11.1 Å². The number of rotatable bonds is 5. The highest BCUT2D eigenvalue weighted by Crippen LogP contribution is 2.30. The van der Waals surface area contributed by atoms with Crippen molar-refractivity contribution in [1.29, 1.82) is 0 Å². The molecule has 2 aromatic rings. The Balaban J connectivity index is 1.37. The molecule has 0 spiro atoms. The highest BCUT2D eigenvalue weighted by Gasteiger charge is 2.34. The van der Waals surface area contributed by atoms with Gasteiger partial charge in [-0.25, -0.2) is 5.48 Å². The topological polar surface area (TPSA) is 113 Å². The zero-order valence-electron chi connectivity index (χ0n) is 15.7. The summed E-state index contributed by atoms with van der Waals surface area (Å²) in [6, 6.07) is 10.7. The molecule has 1 fully saturated rings. The largest absolute Gasteiger partial charge is 0.387 e. The minimum absolute atomic E-state index is 0.199. The number of aromatic nitrogens is 1.